The van der Waals surface area contributed by atoms with E-state index in [-0.39, 0.29) is 47.9 Å². The fourth-order valence-electron chi connectivity index (χ4n) is 7.07. The number of aryl methyl sites for hydroxylation is 2. The van der Waals surface area contributed by atoms with Crippen molar-refractivity contribution in [1.29, 1.82) is 0 Å². The topological polar surface area (TPSA) is 89.4 Å². The molecule has 2 aromatic carbocycles. The number of furan rings is 2. The van der Waals surface area contributed by atoms with Gasteiger partial charge in [-0.2, -0.15) is 0 Å². The predicted molar refractivity (Wildman–Crippen MR) is 229 cm³/mol. The number of allylic oxidation sites excluding steroid dienone is 2. The summed E-state index contributed by atoms with van der Waals surface area (Å²) in [6.07, 6.45) is 9.32. The molecule has 4 aromatic heterocycles. The van der Waals surface area contributed by atoms with E-state index >= 15 is 0 Å². The van der Waals surface area contributed by atoms with Crippen LogP contribution in [0.1, 0.15) is 124 Å². The van der Waals surface area contributed by atoms with Crippen LogP contribution >= 0.6 is 0 Å². The van der Waals surface area contributed by atoms with Crippen molar-refractivity contribution in [2.24, 2.45) is 16.7 Å². The third kappa shape index (κ3) is 9.05. The summed E-state index contributed by atoms with van der Waals surface area (Å²) in [4.78, 5) is 21.8. The molecule has 0 fully saturated rings. The molecule has 0 bridgehead atoms. The van der Waals surface area contributed by atoms with E-state index in [0.29, 0.717) is 11.6 Å². The van der Waals surface area contributed by atoms with E-state index in [1.807, 2.05) is 53.8 Å². The van der Waals surface area contributed by atoms with Gasteiger partial charge in [0.1, 0.15) is 17.1 Å². The van der Waals surface area contributed by atoms with E-state index in [2.05, 4.69) is 95.9 Å². The van der Waals surface area contributed by atoms with Gasteiger partial charge in [-0.15, -0.1) is 18.2 Å². The first-order valence-corrected chi connectivity index (χ1v) is 20.1. The Hall–Kier alpha value is -4.06. The molecule has 6 rings (SSSR count). The van der Waals surface area contributed by atoms with Crippen molar-refractivity contribution >= 4 is 38.8 Å². The van der Waals surface area contributed by atoms with Gasteiger partial charge in [0, 0.05) is 71.6 Å². The third-order valence-corrected chi connectivity index (χ3v) is 12.0. The summed E-state index contributed by atoms with van der Waals surface area (Å²) in [5.41, 5.74) is 9.23. The van der Waals surface area contributed by atoms with Gasteiger partial charge in [0.25, 0.3) is 0 Å². The number of aromatic nitrogens is 2. The minimum Gasteiger partial charge on any atom is -0.512 e. The molecule has 0 spiro atoms. The average Bonchev–Trinajstić information content (AvgIpc) is 3.70. The number of aliphatic hydroxyl groups excluding tert-OH is 1. The number of pyridine rings is 2. The summed E-state index contributed by atoms with van der Waals surface area (Å²) >= 11 is 0. The van der Waals surface area contributed by atoms with Crippen molar-refractivity contribution in [3.8, 4) is 22.4 Å². The molecule has 301 valence electrons. The standard InChI is InChI=1S/C34H33N2O2.C15H28O2.Ir/c1-19(2)13-29-21(4)25-11-10-22(16-30(25)38-29)26-17-28(36-33-31(26)20(3)18-37-33)24-14-23-9-8-12-35-32(23)27(15-24)34(5,6)7;1-7-14(5,8-2)12(16)11-13(17)15(6,9-3)10-4;/h8-12,15-19H,13H2,1-7H3;11,16H,7-10H2,1-6H3;/q-1;;/b;12-11-;. The van der Waals surface area contributed by atoms with Gasteiger partial charge in [-0.3, -0.25) is 14.8 Å². The maximum Gasteiger partial charge on any atom is 0.219 e. The van der Waals surface area contributed by atoms with Crippen molar-refractivity contribution in [3.63, 3.8) is 0 Å². The summed E-state index contributed by atoms with van der Waals surface area (Å²) < 4.78 is 12.3. The minimum atomic E-state index is -0.337. The van der Waals surface area contributed by atoms with Crippen LogP contribution in [0.5, 0.6) is 0 Å². The van der Waals surface area contributed by atoms with Crippen LogP contribution in [-0.2, 0) is 36.7 Å². The second-order valence-electron chi connectivity index (χ2n) is 17.3. The molecule has 0 atom stereocenters. The zero-order valence-corrected chi connectivity index (χ0v) is 38.2. The fraction of sp³-hybridized carbons (Fsp3) is 0.449. The maximum atomic E-state index is 12.2. The summed E-state index contributed by atoms with van der Waals surface area (Å²) in [5.74, 6) is 1.89. The van der Waals surface area contributed by atoms with Gasteiger partial charge in [0.15, 0.2) is 5.78 Å². The Morgan fingerprint density at radius 1 is 0.929 bits per heavy atom. The number of hydrogen-bond donors (Lipinski definition) is 1. The smallest absolute Gasteiger partial charge is 0.219 e. The van der Waals surface area contributed by atoms with E-state index < -0.39 is 0 Å². The van der Waals surface area contributed by atoms with E-state index in [1.165, 1.54) is 22.6 Å². The SMILES string of the molecule is CCC(C)(CC)C(=O)/C=C(\O)C(C)(CC)CC.Cc1c(CC(C)C)oc2cc(-c3cc(-c4[c-]c5cccnc5c(C(C)(C)C)c4)nc4occ(C)c34)ccc12.[Ir]. The number of carbonyl (C=O) groups is 1. The van der Waals surface area contributed by atoms with Crippen LogP contribution < -0.4 is 0 Å². The van der Waals surface area contributed by atoms with Gasteiger partial charge in [-0.25, -0.2) is 0 Å². The average molecular weight is 934 g/mol. The van der Waals surface area contributed by atoms with Gasteiger partial charge in [-0.05, 0) is 79.2 Å². The van der Waals surface area contributed by atoms with Gasteiger partial charge in [0.05, 0.1) is 6.26 Å². The monoisotopic (exact) mass is 934 g/mol. The first-order chi connectivity index (χ1) is 25.9. The number of fused-ring (bicyclic) bond motifs is 3. The van der Waals surface area contributed by atoms with E-state index in [4.69, 9.17) is 13.8 Å². The molecular formula is C49H61IrN2O4-. The van der Waals surface area contributed by atoms with Crippen molar-refractivity contribution < 1.29 is 38.8 Å². The first kappa shape index (κ1) is 44.7. The number of ketones is 1. The van der Waals surface area contributed by atoms with Gasteiger partial charge in [-0.1, -0.05) is 117 Å². The van der Waals surface area contributed by atoms with Crippen molar-refractivity contribution in [2.45, 2.75) is 128 Å². The molecule has 0 amide bonds. The molecule has 6 aromatic rings. The zero-order chi connectivity index (χ0) is 40.5. The summed E-state index contributed by atoms with van der Waals surface area (Å²) in [6.45, 7) is 27.4. The normalized spacial score (nSPS) is 12.6. The van der Waals surface area contributed by atoms with Crippen LogP contribution in [-0.4, -0.2) is 20.9 Å². The molecule has 0 aliphatic heterocycles. The molecule has 4 heterocycles. The third-order valence-electron chi connectivity index (χ3n) is 12.0. The molecule has 1 N–H and O–H groups in total. The van der Waals surface area contributed by atoms with Gasteiger partial charge < -0.3 is 13.9 Å². The molecule has 7 heteroatoms. The number of hydrogen-bond acceptors (Lipinski definition) is 6. The van der Waals surface area contributed by atoms with Crippen molar-refractivity contribution in [1.82, 2.24) is 9.97 Å². The number of carbonyl (C=O) groups excluding carboxylic acids is 1. The predicted octanol–water partition coefficient (Wildman–Crippen LogP) is 14.0. The quantitative estimate of drug-likeness (QED) is 0.0791. The molecule has 1 radical (unpaired) electrons. The summed E-state index contributed by atoms with van der Waals surface area (Å²) in [7, 11) is 0. The zero-order valence-electron chi connectivity index (χ0n) is 35.8. The fourth-order valence-corrected chi connectivity index (χ4v) is 7.07. The van der Waals surface area contributed by atoms with Crippen LogP contribution in [0.3, 0.4) is 0 Å². The van der Waals surface area contributed by atoms with Crippen LogP contribution in [0.15, 0.2) is 75.6 Å². The number of benzene rings is 2. The number of aliphatic hydroxyl groups is 1. The van der Waals surface area contributed by atoms with Crippen molar-refractivity contribution in [3.05, 3.63) is 95.3 Å². The van der Waals surface area contributed by atoms with Gasteiger partial charge in [0.2, 0.25) is 5.71 Å². The molecule has 6 nitrogen and oxygen atoms in total. The van der Waals surface area contributed by atoms with E-state index in [9.17, 15) is 9.90 Å². The molecule has 0 aliphatic rings. The Balaban J connectivity index is 0.000000330. The Morgan fingerprint density at radius 2 is 1.59 bits per heavy atom. The maximum absolute atomic E-state index is 12.2. The molecule has 0 unspecified atom stereocenters. The molecule has 0 saturated carbocycles. The van der Waals surface area contributed by atoms with E-state index in [1.54, 1.807) is 6.26 Å². The van der Waals surface area contributed by atoms with Gasteiger partial charge >= 0.3 is 0 Å². The Labute approximate surface area is 347 Å². The van der Waals surface area contributed by atoms with E-state index in [0.717, 1.165) is 87.7 Å². The second kappa shape index (κ2) is 17.6. The summed E-state index contributed by atoms with van der Waals surface area (Å²) in [6, 6.07) is 18.5. The Kier molecular flexibility index (Phi) is 14.0. The largest absolute Gasteiger partial charge is 0.512 e. The number of rotatable bonds is 11. The second-order valence-corrected chi connectivity index (χ2v) is 17.3. The Morgan fingerprint density at radius 3 is 2.20 bits per heavy atom. The molecule has 56 heavy (non-hydrogen) atoms. The minimum absolute atomic E-state index is 0. The molecule has 0 saturated heterocycles. The first-order valence-electron chi connectivity index (χ1n) is 20.1. The van der Waals surface area contributed by atoms with Crippen LogP contribution in [0.4, 0.5) is 0 Å². The number of nitrogens with zero attached hydrogens (tertiary/aromatic N) is 2. The molecule has 0 aliphatic carbocycles. The van der Waals surface area contributed by atoms with Crippen molar-refractivity contribution in [2.75, 3.05) is 0 Å². The summed E-state index contributed by atoms with van der Waals surface area (Å²) in [5, 5.41) is 13.3. The molecular weight excluding hydrogens is 873 g/mol. The van der Waals surface area contributed by atoms with Crippen LogP contribution in [0.2, 0.25) is 0 Å². The van der Waals surface area contributed by atoms with Crippen LogP contribution in [0.25, 0.3) is 55.4 Å². The van der Waals surface area contributed by atoms with Crippen LogP contribution in [0, 0.1) is 36.7 Å². The Bertz CT molecular complexity index is 2350.